The van der Waals surface area contributed by atoms with Crippen LogP contribution in [-0.2, 0) is 0 Å². The van der Waals surface area contributed by atoms with Gasteiger partial charge in [0.05, 0.1) is 0 Å². The van der Waals surface area contributed by atoms with Gasteiger partial charge in [-0.15, -0.1) is 0 Å². The zero-order chi connectivity index (χ0) is 9.42. The van der Waals surface area contributed by atoms with Gasteiger partial charge in [-0.25, -0.2) is 4.98 Å². The van der Waals surface area contributed by atoms with E-state index in [0.717, 1.165) is 5.39 Å². The van der Waals surface area contributed by atoms with Gasteiger partial charge in [-0.1, -0.05) is 0 Å². The number of aromatic nitrogens is 3. The van der Waals surface area contributed by atoms with Gasteiger partial charge in [-0.3, -0.25) is 4.79 Å². The molecule has 5 heteroatoms. The van der Waals surface area contributed by atoms with E-state index in [4.69, 9.17) is 12.2 Å². The van der Waals surface area contributed by atoms with Crippen molar-refractivity contribution in [2.45, 2.75) is 6.92 Å². The third-order valence-electron chi connectivity index (χ3n) is 1.81. The minimum atomic E-state index is -0.107. The van der Waals surface area contributed by atoms with Gasteiger partial charge in [-0.2, -0.15) is 0 Å². The van der Waals surface area contributed by atoms with Crippen LogP contribution in [0.4, 0.5) is 0 Å². The molecule has 0 saturated heterocycles. The number of nitrogens with zero attached hydrogens (tertiary/aromatic N) is 1. The third kappa shape index (κ3) is 1.38. The minimum absolute atomic E-state index is 0.107. The van der Waals surface area contributed by atoms with Crippen LogP contribution in [0.3, 0.4) is 0 Å². The van der Waals surface area contributed by atoms with E-state index in [1.165, 1.54) is 0 Å². The Morgan fingerprint density at radius 1 is 1.46 bits per heavy atom. The van der Waals surface area contributed by atoms with Gasteiger partial charge in [0, 0.05) is 17.1 Å². The molecule has 0 radical (unpaired) electrons. The molecule has 0 fully saturated rings. The van der Waals surface area contributed by atoms with Crippen LogP contribution in [-0.4, -0.2) is 15.0 Å². The van der Waals surface area contributed by atoms with E-state index >= 15 is 0 Å². The quantitative estimate of drug-likeness (QED) is 0.620. The number of aromatic amines is 2. The molecule has 0 spiro atoms. The molecule has 2 aromatic heterocycles. The molecule has 2 N–H and O–H groups in total. The fourth-order valence-corrected chi connectivity index (χ4v) is 1.28. The van der Waals surface area contributed by atoms with Crippen LogP contribution in [0, 0.1) is 11.7 Å². The van der Waals surface area contributed by atoms with E-state index in [9.17, 15) is 4.79 Å². The highest BCUT2D eigenvalue weighted by Gasteiger charge is 1.97. The molecule has 0 saturated carbocycles. The number of hydrogen-bond acceptors (Lipinski definition) is 3. The van der Waals surface area contributed by atoms with Gasteiger partial charge >= 0.3 is 0 Å². The average Bonchev–Trinajstić information content (AvgIpc) is 2.08. The van der Waals surface area contributed by atoms with Gasteiger partial charge in [0.25, 0.3) is 5.56 Å². The lowest BCUT2D eigenvalue weighted by atomic mass is 10.2. The smallest absolute Gasteiger partial charge is 0.252 e. The second-order valence-electron chi connectivity index (χ2n) is 2.80. The first-order valence-electron chi connectivity index (χ1n) is 3.76. The molecule has 0 aliphatic heterocycles. The maximum atomic E-state index is 11.2. The Balaban J connectivity index is 2.97. The number of aryl methyl sites for hydroxylation is 1. The lowest BCUT2D eigenvalue weighted by molar-refractivity contribution is 1.12. The van der Waals surface area contributed by atoms with Crippen molar-refractivity contribution >= 4 is 23.3 Å². The van der Waals surface area contributed by atoms with Crippen LogP contribution >= 0.6 is 12.2 Å². The maximum Gasteiger partial charge on any atom is 0.252 e. The molecule has 0 atom stereocenters. The van der Waals surface area contributed by atoms with E-state index in [-0.39, 0.29) is 5.56 Å². The fraction of sp³-hybridized carbons (Fsp3) is 0.125. The topological polar surface area (TPSA) is 61.5 Å². The molecule has 4 nitrogen and oxygen atoms in total. The summed E-state index contributed by atoms with van der Waals surface area (Å²) in [5.41, 5.74) is 1.18. The Morgan fingerprint density at radius 3 is 3.00 bits per heavy atom. The SMILES string of the molecule is Cc1cc2cnc(=S)[nH]c2[nH]c1=O. The fourth-order valence-electron chi connectivity index (χ4n) is 1.13. The molecule has 0 aliphatic rings. The Bertz CT molecular complexity index is 569. The molecular weight excluding hydrogens is 186 g/mol. The summed E-state index contributed by atoms with van der Waals surface area (Å²) < 4.78 is 0.368. The van der Waals surface area contributed by atoms with Crippen LogP contribution in [0.2, 0.25) is 0 Å². The van der Waals surface area contributed by atoms with Crippen molar-refractivity contribution in [3.8, 4) is 0 Å². The van der Waals surface area contributed by atoms with Gasteiger partial charge in [-0.05, 0) is 25.2 Å². The van der Waals surface area contributed by atoms with Crippen LogP contribution in [0.25, 0.3) is 11.0 Å². The van der Waals surface area contributed by atoms with Crippen molar-refractivity contribution in [3.05, 3.63) is 33.0 Å². The number of nitrogens with one attached hydrogen (secondary N) is 2. The van der Waals surface area contributed by atoms with Crippen molar-refractivity contribution in [1.29, 1.82) is 0 Å². The van der Waals surface area contributed by atoms with Crippen LogP contribution in [0.5, 0.6) is 0 Å². The standard InChI is InChI=1S/C8H7N3OS/c1-4-2-5-3-9-8(13)11-6(5)10-7(4)12/h2-3H,1H3,(H2,9,10,11,12,13). The number of H-pyrrole nitrogens is 2. The summed E-state index contributed by atoms with van der Waals surface area (Å²) in [6.07, 6.45) is 1.64. The summed E-state index contributed by atoms with van der Waals surface area (Å²) in [5, 5.41) is 0.853. The second kappa shape index (κ2) is 2.77. The highest BCUT2D eigenvalue weighted by Crippen LogP contribution is 2.05. The monoisotopic (exact) mass is 193 g/mol. The first kappa shape index (κ1) is 8.12. The Hall–Kier alpha value is -1.49. The molecule has 0 unspecified atom stereocenters. The predicted octanol–water partition coefficient (Wildman–Crippen LogP) is 1.29. The van der Waals surface area contributed by atoms with Gasteiger partial charge in [0.1, 0.15) is 5.65 Å². The van der Waals surface area contributed by atoms with E-state index in [1.54, 1.807) is 19.2 Å². The molecule has 13 heavy (non-hydrogen) atoms. The molecule has 0 bridgehead atoms. The maximum absolute atomic E-state index is 11.2. The number of rotatable bonds is 0. The van der Waals surface area contributed by atoms with E-state index in [2.05, 4.69) is 15.0 Å². The number of pyridine rings is 1. The molecule has 2 aromatic rings. The van der Waals surface area contributed by atoms with Gasteiger partial charge < -0.3 is 9.97 Å². The van der Waals surface area contributed by atoms with Crippen LogP contribution in [0.15, 0.2) is 17.1 Å². The van der Waals surface area contributed by atoms with Crippen molar-refractivity contribution in [1.82, 2.24) is 15.0 Å². The summed E-state index contributed by atoms with van der Waals surface area (Å²) in [5.74, 6) is 0. The van der Waals surface area contributed by atoms with E-state index < -0.39 is 0 Å². The summed E-state index contributed by atoms with van der Waals surface area (Å²) in [4.78, 5) is 20.6. The van der Waals surface area contributed by atoms with Crippen molar-refractivity contribution < 1.29 is 0 Å². The normalized spacial score (nSPS) is 10.5. The van der Waals surface area contributed by atoms with Crippen molar-refractivity contribution in [3.63, 3.8) is 0 Å². The Labute approximate surface area is 78.7 Å². The molecule has 2 rings (SSSR count). The molecule has 0 aliphatic carbocycles. The molecule has 0 aromatic carbocycles. The van der Waals surface area contributed by atoms with Gasteiger partial charge in [0.2, 0.25) is 0 Å². The first-order valence-corrected chi connectivity index (χ1v) is 4.16. The Kier molecular flexibility index (Phi) is 1.73. The zero-order valence-electron chi connectivity index (χ0n) is 6.92. The molecule has 0 amide bonds. The highest BCUT2D eigenvalue weighted by atomic mass is 32.1. The van der Waals surface area contributed by atoms with Crippen LogP contribution < -0.4 is 5.56 Å². The molecule has 2 heterocycles. The zero-order valence-corrected chi connectivity index (χ0v) is 7.73. The highest BCUT2D eigenvalue weighted by molar-refractivity contribution is 7.71. The summed E-state index contributed by atoms with van der Waals surface area (Å²) >= 11 is 4.83. The first-order chi connectivity index (χ1) is 6.16. The number of fused-ring (bicyclic) bond motifs is 1. The van der Waals surface area contributed by atoms with E-state index in [0.29, 0.717) is 16.0 Å². The summed E-state index contributed by atoms with van der Waals surface area (Å²) in [6, 6.07) is 1.77. The van der Waals surface area contributed by atoms with Crippen molar-refractivity contribution in [2.75, 3.05) is 0 Å². The number of hydrogen-bond donors (Lipinski definition) is 2. The largest absolute Gasteiger partial charge is 0.317 e. The van der Waals surface area contributed by atoms with Crippen molar-refractivity contribution in [2.24, 2.45) is 0 Å². The summed E-state index contributed by atoms with van der Waals surface area (Å²) in [7, 11) is 0. The molecule has 66 valence electrons. The molecular formula is C8H7N3OS. The minimum Gasteiger partial charge on any atom is -0.317 e. The second-order valence-corrected chi connectivity index (χ2v) is 3.19. The van der Waals surface area contributed by atoms with Gasteiger partial charge in [0.15, 0.2) is 4.77 Å². The lowest BCUT2D eigenvalue weighted by Crippen LogP contribution is -2.09. The lowest BCUT2D eigenvalue weighted by Gasteiger charge is -1.97. The Morgan fingerprint density at radius 2 is 2.23 bits per heavy atom. The van der Waals surface area contributed by atoms with E-state index in [1.807, 2.05) is 0 Å². The summed E-state index contributed by atoms with van der Waals surface area (Å²) in [6.45, 7) is 1.75. The average molecular weight is 193 g/mol. The van der Waals surface area contributed by atoms with Crippen LogP contribution in [0.1, 0.15) is 5.56 Å². The third-order valence-corrected chi connectivity index (χ3v) is 2.02. The predicted molar refractivity (Wildman–Crippen MR) is 52.3 cm³/mol.